The van der Waals surface area contributed by atoms with E-state index >= 15 is 0 Å². The molecule has 5 heteroatoms. The van der Waals surface area contributed by atoms with Gasteiger partial charge in [-0.1, -0.05) is 24.3 Å². The summed E-state index contributed by atoms with van der Waals surface area (Å²) in [4.78, 5) is 10.1. The minimum absolute atomic E-state index is 0.119. The second kappa shape index (κ2) is 5.81. The van der Waals surface area contributed by atoms with Gasteiger partial charge in [-0.15, -0.1) is 0 Å². The summed E-state index contributed by atoms with van der Waals surface area (Å²) < 4.78 is 1.15. The lowest BCUT2D eigenvalue weighted by Gasteiger charge is -2.08. The van der Waals surface area contributed by atoms with Crippen molar-refractivity contribution in [2.75, 3.05) is 5.32 Å². The van der Waals surface area contributed by atoms with E-state index in [4.69, 9.17) is 0 Å². The monoisotopic (exact) mass is 354 g/mol. The van der Waals surface area contributed by atoms with E-state index in [2.05, 4.69) is 27.9 Å². The molecule has 0 radical (unpaired) electrons. The second-order valence-corrected chi connectivity index (χ2v) is 4.92. The Labute approximate surface area is 118 Å². The smallest absolute Gasteiger partial charge is 0.269 e. The second-order valence-electron chi connectivity index (χ2n) is 3.76. The third-order valence-corrected chi connectivity index (χ3v) is 3.44. The molecule has 0 aromatic heterocycles. The first-order valence-electron chi connectivity index (χ1n) is 5.38. The molecule has 2 aromatic carbocycles. The Bertz CT molecular complexity index is 555. The van der Waals surface area contributed by atoms with Gasteiger partial charge >= 0.3 is 0 Å². The van der Waals surface area contributed by atoms with Crippen LogP contribution in [0.1, 0.15) is 5.56 Å². The Morgan fingerprint density at radius 2 is 1.78 bits per heavy atom. The fourth-order valence-electron chi connectivity index (χ4n) is 1.54. The van der Waals surface area contributed by atoms with Crippen LogP contribution >= 0.6 is 22.6 Å². The van der Waals surface area contributed by atoms with Crippen molar-refractivity contribution in [2.45, 2.75) is 6.54 Å². The van der Waals surface area contributed by atoms with Crippen molar-refractivity contribution in [3.63, 3.8) is 0 Å². The lowest BCUT2D eigenvalue weighted by molar-refractivity contribution is -0.384. The highest BCUT2D eigenvalue weighted by Crippen LogP contribution is 2.18. The van der Waals surface area contributed by atoms with Crippen LogP contribution in [0.3, 0.4) is 0 Å². The van der Waals surface area contributed by atoms with Crippen molar-refractivity contribution in [3.05, 3.63) is 67.8 Å². The van der Waals surface area contributed by atoms with Crippen molar-refractivity contribution < 1.29 is 4.92 Å². The highest BCUT2D eigenvalue weighted by Gasteiger charge is 2.04. The molecule has 0 unspecified atom stereocenters. The van der Waals surface area contributed by atoms with Crippen LogP contribution in [0.25, 0.3) is 0 Å². The van der Waals surface area contributed by atoms with Gasteiger partial charge in [0, 0.05) is 27.9 Å². The average Bonchev–Trinajstić information content (AvgIpc) is 2.38. The molecule has 18 heavy (non-hydrogen) atoms. The van der Waals surface area contributed by atoms with E-state index in [9.17, 15) is 10.1 Å². The summed E-state index contributed by atoms with van der Waals surface area (Å²) in [5, 5.41) is 13.8. The Balaban J connectivity index is 2.02. The molecular formula is C13H11IN2O2. The number of hydrogen-bond donors (Lipinski definition) is 1. The van der Waals surface area contributed by atoms with Crippen molar-refractivity contribution in [3.8, 4) is 0 Å². The summed E-state index contributed by atoms with van der Waals surface area (Å²) >= 11 is 2.27. The quantitative estimate of drug-likeness (QED) is 0.516. The SMILES string of the molecule is O=[N+]([O-])c1ccc(CNc2ccccc2I)cc1. The molecule has 2 rings (SSSR count). The van der Waals surface area contributed by atoms with Crippen LogP contribution in [0, 0.1) is 13.7 Å². The number of nitrogens with zero attached hydrogens (tertiary/aromatic N) is 1. The van der Waals surface area contributed by atoms with E-state index in [0.717, 1.165) is 14.8 Å². The lowest BCUT2D eigenvalue weighted by Crippen LogP contribution is -2.00. The maximum Gasteiger partial charge on any atom is 0.269 e. The van der Waals surface area contributed by atoms with E-state index in [-0.39, 0.29) is 5.69 Å². The third kappa shape index (κ3) is 3.19. The largest absolute Gasteiger partial charge is 0.380 e. The maximum absolute atomic E-state index is 10.5. The molecule has 0 fully saturated rings. The summed E-state index contributed by atoms with van der Waals surface area (Å²) in [5.74, 6) is 0. The molecule has 0 aliphatic carbocycles. The molecule has 2 aromatic rings. The van der Waals surface area contributed by atoms with Crippen LogP contribution in [0.5, 0.6) is 0 Å². The molecule has 0 spiro atoms. The number of anilines is 1. The van der Waals surface area contributed by atoms with Crippen LogP contribution in [-0.2, 0) is 6.54 Å². The number of hydrogen-bond acceptors (Lipinski definition) is 3. The fourth-order valence-corrected chi connectivity index (χ4v) is 2.12. The molecule has 0 atom stereocenters. The van der Waals surface area contributed by atoms with E-state index < -0.39 is 4.92 Å². The highest BCUT2D eigenvalue weighted by atomic mass is 127. The molecule has 92 valence electrons. The van der Waals surface area contributed by atoms with Crippen molar-refractivity contribution >= 4 is 34.0 Å². The summed E-state index contributed by atoms with van der Waals surface area (Å²) in [6.07, 6.45) is 0. The van der Waals surface area contributed by atoms with Crippen LogP contribution < -0.4 is 5.32 Å². The van der Waals surface area contributed by atoms with Crippen LogP contribution in [0.2, 0.25) is 0 Å². The number of benzene rings is 2. The molecule has 0 bridgehead atoms. The molecule has 0 amide bonds. The fraction of sp³-hybridized carbons (Fsp3) is 0.0769. The first-order chi connectivity index (χ1) is 8.66. The number of non-ortho nitro benzene ring substituents is 1. The molecule has 1 N–H and O–H groups in total. The van der Waals surface area contributed by atoms with Gasteiger partial charge in [-0.05, 0) is 40.3 Å². The van der Waals surface area contributed by atoms with Crippen LogP contribution in [-0.4, -0.2) is 4.92 Å². The molecule has 0 aliphatic heterocycles. The van der Waals surface area contributed by atoms with Gasteiger partial charge in [0.25, 0.3) is 5.69 Å². The summed E-state index contributed by atoms with van der Waals surface area (Å²) in [6, 6.07) is 14.6. The number of rotatable bonds is 4. The zero-order valence-corrected chi connectivity index (χ0v) is 11.6. The first-order valence-corrected chi connectivity index (χ1v) is 6.46. The van der Waals surface area contributed by atoms with Crippen LogP contribution in [0.15, 0.2) is 48.5 Å². The third-order valence-electron chi connectivity index (χ3n) is 2.50. The van der Waals surface area contributed by atoms with E-state index in [0.29, 0.717) is 6.54 Å². The van der Waals surface area contributed by atoms with Crippen molar-refractivity contribution in [1.82, 2.24) is 0 Å². The van der Waals surface area contributed by atoms with E-state index in [1.165, 1.54) is 12.1 Å². The van der Waals surface area contributed by atoms with Gasteiger partial charge < -0.3 is 5.32 Å². The Morgan fingerprint density at radius 3 is 2.39 bits per heavy atom. The van der Waals surface area contributed by atoms with Crippen molar-refractivity contribution in [1.29, 1.82) is 0 Å². The van der Waals surface area contributed by atoms with Crippen molar-refractivity contribution in [2.24, 2.45) is 0 Å². The van der Waals surface area contributed by atoms with Gasteiger partial charge in [0.2, 0.25) is 0 Å². The van der Waals surface area contributed by atoms with Gasteiger partial charge in [-0.25, -0.2) is 0 Å². The minimum atomic E-state index is -0.392. The molecule has 0 saturated carbocycles. The van der Waals surface area contributed by atoms with E-state index in [1.807, 2.05) is 24.3 Å². The molecule has 0 aliphatic rings. The van der Waals surface area contributed by atoms with Gasteiger partial charge in [0.15, 0.2) is 0 Å². The zero-order valence-electron chi connectivity index (χ0n) is 9.47. The summed E-state index contributed by atoms with van der Waals surface area (Å²) in [6.45, 7) is 0.651. The predicted octanol–water partition coefficient (Wildman–Crippen LogP) is 3.81. The standard InChI is InChI=1S/C13H11IN2O2/c14-12-3-1-2-4-13(12)15-9-10-5-7-11(8-6-10)16(17)18/h1-8,15H,9H2. The Hall–Kier alpha value is -1.63. The Morgan fingerprint density at radius 1 is 1.11 bits per heavy atom. The Kier molecular flexibility index (Phi) is 4.14. The number of para-hydroxylation sites is 1. The summed E-state index contributed by atoms with van der Waals surface area (Å²) in [7, 11) is 0. The molecule has 0 heterocycles. The minimum Gasteiger partial charge on any atom is -0.380 e. The van der Waals surface area contributed by atoms with Gasteiger partial charge in [0.05, 0.1) is 4.92 Å². The number of nitro benzene ring substituents is 1. The first kappa shape index (κ1) is 12.8. The topological polar surface area (TPSA) is 55.2 Å². The molecule has 4 nitrogen and oxygen atoms in total. The van der Waals surface area contributed by atoms with Gasteiger partial charge in [0.1, 0.15) is 0 Å². The maximum atomic E-state index is 10.5. The average molecular weight is 354 g/mol. The van der Waals surface area contributed by atoms with Crippen LogP contribution in [0.4, 0.5) is 11.4 Å². The number of halogens is 1. The lowest BCUT2D eigenvalue weighted by atomic mass is 10.2. The predicted molar refractivity (Wildman–Crippen MR) is 79.6 cm³/mol. The van der Waals surface area contributed by atoms with E-state index in [1.54, 1.807) is 12.1 Å². The summed E-state index contributed by atoms with van der Waals surface area (Å²) in [5.41, 5.74) is 2.20. The zero-order chi connectivity index (χ0) is 13.0. The van der Waals surface area contributed by atoms with Gasteiger partial charge in [-0.2, -0.15) is 0 Å². The molecular weight excluding hydrogens is 343 g/mol. The number of nitrogens with one attached hydrogen (secondary N) is 1. The van der Waals surface area contributed by atoms with Gasteiger partial charge in [-0.3, -0.25) is 10.1 Å². The highest BCUT2D eigenvalue weighted by molar-refractivity contribution is 14.1. The normalized spacial score (nSPS) is 10.1. The number of nitro groups is 1. The molecule has 0 saturated heterocycles.